The van der Waals surface area contributed by atoms with Gasteiger partial charge in [0.05, 0.1) is 0 Å². The molecule has 0 aromatic rings. The molecule has 0 bridgehead atoms. The summed E-state index contributed by atoms with van der Waals surface area (Å²) in [4.78, 5) is 9.61. The molecule has 158 valence electrons. The first-order valence-electron chi connectivity index (χ1n) is 11.5. The van der Waals surface area contributed by atoms with Crippen LogP contribution in [0.15, 0.2) is 4.99 Å². The van der Waals surface area contributed by atoms with Gasteiger partial charge in [-0.1, -0.05) is 33.6 Å². The largest absolute Gasteiger partial charge is 0.356 e. The fourth-order valence-electron chi connectivity index (χ4n) is 4.93. The Kier molecular flexibility index (Phi) is 9.91. The zero-order chi connectivity index (χ0) is 19.5. The standard InChI is InChI=1S/C22H45N5/c1-5-26-14-16-27(17-15-26)13-9-8-12-24-21(23-4)25-19-22(18-20(2)3)10-6-7-11-22/h20H,5-19H2,1-4H3,(H2,23,24,25). The van der Waals surface area contributed by atoms with Crippen LogP contribution in [0.25, 0.3) is 0 Å². The quantitative estimate of drug-likeness (QED) is 0.348. The normalized spacial score (nSPS) is 21.7. The van der Waals surface area contributed by atoms with Gasteiger partial charge in [-0.3, -0.25) is 4.99 Å². The molecular weight excluding hydrogens is 334 g/mol. The molecule has 0 atom stereocenters. The van der Waals surface area contributed by atoms with Crippen LogP contribution in [0.4, 0.5) is 0 Å². The molecule has 2 rings (SSSR count). The average molecular weight is 380 g/mol. The summed E-state index contributed by atoms with van der Waals surface area (Å²) >= 11 is 0. The molecule has 1 saturated heterocycles. The molecule has 0 spiro atoms. The van der Waals surface area contributed by atoms with Crippen LogP contribution in [-0.2, 0) is 0 Å². The first-order valence-corrected chi connectivity index (χ1v) is 11.5. The third-order valence-electron chi connectivity index (χ3n) is 6.47. The van der Waals surface area contributed by atoms with Gasteiger partial charge in [-0.25, -0.2) is 0 Å². The van der Waals surface area contributed by atoms with Crippen LogP contribution in [0.1, 0.15) is 65.7 Å². The van der Waals surface area contributed by atoms with Crippen molar-refractivity contribution in [1.82, 2.24) is 20.4 Å². The second kappa shape index (κ2) is 11.9. The van der Waals surface area contributed by atoms with E-state index in [0.717, 1.165) is 25.0 Å². The maximum absolute atomic E-state index is 4.44. The van der Waals surface area contributed by atoms with Crippen molar-refractivity contribution in [3.8, 4) is 0 Å². The van der Waals surface area contributed by atoms with Crippen LogP contribution in [-0.4, -0.2) is 75.2 Å². The highest BCUT2D eigenvalue weighted by atomic mass is 15.3. The van der Waals surface area contributed by atoms with E-state index in [-0.39, 0.29) is 0 Å². The number of hydrogen-bond acceptors (Lipinski definition) is 3. The van der Waals surface area contributed by atoms with E-state index in [1.807, 2.05) is 7.05 Å². The number of nitrogens with zero attached hydrogens (tertiary/aromatic N) is 3. The van der Waals surface area contributed by atoms with Crippen LogP contribution in [0.3, 0.4) is 0 Å². The summed E-state index contributed by atoms with van der Waals surface area (Å²) in [5, 5.41) is 7.16. The molecule has 27 heavy (non-hydrogen) atoms. The first-order chi connectivity index (χ1) is 13.1. The highest BCUT2D eigenvalue weighted by molar-refractivity contribution is 5.79. The van der Waals surface area contributed by atoms with Crippen LogP contribution in [0.5, 0.6) is 0 Å². The number of hydrogen-bond donors (Lipinski definition) is 2. The maximum Gasteiger partial charge on any atom is 0.190 e. The van der Waals surface area contributed by atoms with E-state index in [1.165, 1.54) is 84.2 Å². The van der Waals surface area contributed by atoms with Gasteiger partial charge >= 0.3 is 0 Å². The van der Waals surface area contributed by atoms with E-state index in [9.17, 15) is 0 Å². The van der Waals surface area contributed by atoms with Crippen molar-refractivity contribution in [1.29, 1.82) is 0 Å². The topological polar surface area (TPSA) is 42.9 Å². The number of unbranched alkanes of at least 4 members (excludes halogenated alkanes) is 1. The number of rotatable bonds is 10. The van der Waals surface area contributed by atoms with E-state index in [0.29, 0.717) is 5.41 Å². The fraction of sp³-hybridized carbons (Fsp3) is 0.955. The third-order valence-corrected chi connectivity index (χ3v) is 6.47. The Bertz CT molecular complexity index is 420. The molecule has 2 N–H and O–H groups in total. The molecule has 1 heterocycles. The van der Waals surface area contributed by atoms with Gasteiger partial charge in [0.15, 0.2) is 5.96 Å². The molecule has 0 amide bonds. The van der Waals surface area contributed by atoms with Crippen molar-refractivity contribution in [2.24, 2.45) is 16.3 Å². The van der Waals surface area contributed by atoms with Gasteiger partial charge in [0, 0.05) is 46.3 Å². The van der Waals surface area contributed by atoms with Crippen LogP contribution >= 0.6 is 0 Å². The summed E-state index contributed by atoms with van der Waals surface area (Å²) in [5.74, 6) is 1.76. The summed E-state index contributed by atoms with van der Waals surface area (Å²) < 4.78 is 0. The number of aliphatic imine (C=N–C) groups is 1. The van der Waals surface area contributed by atoms with Gasteiger partial charge < -0.3 is 20.4 Å². The molecule has 1 saturated carbocycles. The SMILES string of the molecule is CCN1CCN(CCCCNC(=NC)NCC2(CC(C)C)CCCC2)CC1. The molecule has 0 aromatic heterocycles. The van der Waals surface area contributed by atoms with Crippen LogP contribution in [0.2, 0.25) is 0 Å². The lowest BCUT2D eigenvalue weighted by Gasteiger charge is -2.34. The Balaban J connectivity index is 1.59. The molecule has 1 aliphatic heterocycles. The second-order valence-corrected chi connectivity index (χ2v) is 9.14. The zero-order valence-electron chi connectivity index (χ0n) is 18.5. The highest BCUT2D eigenvalue weighted by Crippen LogP contribution is 2.42. The van der Waals surface area contributed by atoms with Crippen molar-refractivity contribution >= 4 is 5.96 Å². The molecular formula is C22H45N5. The molecule has 2 aliphatic rings. The van der Waals surface area contributed by atoms with E-state index < -0.39 is 0 Å². The Hall–Kier alpha value is -0.810. The van der Waals surface area contributed by atoms with Crippen molar-refractivity contribution in [3.05, 3.63) is 0 Å². The average Bonchev–Trinajstić information content (AvgIpc) is 3.12. The van der Waals surface area contributed by atoms with Crippen molar-refractivity contribution in [3.63, 3.8) is 0 Å². The molecule has 2 fully saturated rings. The van der Waals surface area contributed by atoms with Gasteiger partial charge in [0.1, 0.15) is 0 Å². The van der Waals surface area contributed by atoms with Gasteiger partial charge in [-0.2, -0.15) is 0 Å². The Morgan fingerprint density at radius 1 is 1.00 bits per heavy atom. The van der Waals surface area contributed by atoms with E-state index in [2.05, 4.69) is 46.2 Å². The minimum absolute atomic E-state index is 0.492. The van der Waals surface area contributed by atoms with E-state index >= 15 is 0 Å². The summed E-state index contributed by atoms with van der Waals surface area (Å²) in [6, 6.07) is 0. The molecule has 5 nitrogen and oxygen atoms in total. The molecule has 0 radical (unpaired) electrons. The van der Waals surface area contributed by atoms with Crippen LogP contribution < -0.4 is 10.6 Å². The number of likely N-dealkylation sites (N-methyl/N-ethyl adjacent to an activating group) is 1. The summed E-state index contributed by atoms with van der Waals surface area (Å²) in [5.41, 5.74) is 0.492. The fourth-order valence-corrected chi connectivity index (χ4v) is 4.93. The van der Waals surface area contributed by atoms with E-state index in [4.69, 9.17) is 0 Å². The predicted molar refractivity (Wildman–Crippen MR) is 118 cm³/mol. The molecule has 5 heteroatoms. The molecule has 0 unspecified atom stereocenters. The summed E-state index contributed by atoms with van der Waals surface area (Å²) in [7, 11) is 1.90. The highest BCUT2D eigenvalue weighted by Gasteiger charge is 2.34. The lowest BCUT2D eigenvalue weighted by molar-refractivity contribution is 0.136. The summed E-state index contributed by atoms with van der Waals surface area (Å²) in [6.45, 7) is 16.5. The Morgan fingerprint density at radius 2 is 1.67 bits per heavy atom. The van der Waals surface area contributed by atoms with Crippen molar-refractivity contribution in [2.75, 3.05) is 59.4 Å². The zero-order valence-corrected chi connectivity index (χ0v) is 18.5. The molecule has 1 aliphatic carbocycles. The minimum Gasteiger partial charge on any atom is -0.356 e. The van der Waals surface area contributed by atoms with Crippen molar-refractivity contribution in [2.45, 2.75) is 65.7 Å². The number of guanidine groups is 1. The van der Waals surface area contributed by atoms with Gasteiger partial charge in [-0.05, 0) is 56.5 Å². The predicted octanol–water partition coefficient (Wildman–Crippen LogP) is 3.18. The lowest BCUT2D eigenvalue weighted by Crippen LogP contribution is -2.46. The summed E-state index contributed by atoms with van der Waals surface area (Å²) in [6.07, 6.45) is 9.36. The maximum atomic E-state index is 4.44. The molecule has 0 aromatic carbocycles. The monoisotopic (exact) mass is 379 g/mol. The van der Waals surface area contributed by atoms with E-state index in [1.54, 1.807) is 0 Å². The van der Waals surface area contributed by atoms with Crippen LogP contribution in [0, 0.1) is 11.3 Å². The smallest absolute Gasteiger partial charge is 0.190 e. The second-order valence-electron chi connectivity index (χ2n) is 9.14. The van der Waals surface area contributed by atoms with Gasteiger partial charge in [0.25, 0.3) is 0 Å². The lowest BCUT2D eigenvalue weighted by atomic mass is 9.78. The first kappa shape index (κ1) is 22.5. The minimum atomic E-state index is 0.492. The van der Waals surface area contributed by atoms with Gasteiger partial charge in [-0.15, -0.1) is 0 Å². The Labute approximate surface area is 168 Å². The van der Waals surface area contributed by atoms with Crippen molar-refractivity contribution < 1.29 is 0 Å². The third kappa shape index (κ3) is 7.98. The number of nitrogens with one attached hydrogen (secondary N) is 2. The Morgan fingerprint density at radius 3 is 2.26 bits per heavy atom. The van der Waals surface area contributed by atoms with Gasteiger partial charge in [0.2, 0.25) is 0 Å². The number of piperazine rings is 1.